The lowest BCUT2D eigenvalue weighted by Crippen LogP contribution is -2.50. The van der Waals surface area contributed by atoms with Gasteiger partial charge in [0.05, 0.1) is 6.61 Å². The van der Waals surface area contributed by atoms with Crippen LogP contribution in [0.1, 0.15) is 31.2 Å². The molecular formula is C23H26F2N2O3. The number of carbonyl (C=O) groups is 2. The number of piperidine rings is 1. The zero-order valence-electron chi connectivity index (χ0n) is 16.8. The van der Waals surface area contributed by atoms with Crippen LogP contribution >= 0.6 is 0 Å². The zero-order valence-corrected chi connectivity index (χ0v) is 16.8. The van der Waals surface area contributed by atoms with E-state index >= 15 is 0 Å². The summed E-state index contributed by atoms with van der Waals surface area (Å²) < 4.78 is 32.7. The summed E-state index contributed by atoms with van der Waals surface area (Å²) >= 11 is 0. The van der Waals surface area contributed by atoms with E-state index in [-0.39, 0.29) is 37.0 Å². The summed E-state index contributed by atoms with van der Waals surface area (Å²) in [7, 11) is 0. The second kappa shape index (κ2) is 9.69. The number of amides is 2. The van der Waals surface area contributed by atoms with Gasteiger partial charge in [0.1, 0.15) is 17.4 Å². The molecule has 0 unspecified atom stereocenters. The molecule has 1 aliphatic rings. The van der Waals surface area contributed by atoms with Crippen molar-refractivity contribution in [2.45, 2.75) is 32.1 Å². The average molecular weight is 416 g/mol. The van der Waals surface area contributed by atoms with Crippen molar-refractivity contribution in [3.05, 3.63) is 65.7 Å². The highest BCUT2D eigenvalue weighted by Gasteiger charge is 2.39. The number of aryl methyl sites for hydroxylation is 1. The number of benzene rings is 2. The Bertz CT molecular complexity index is 888. The Balaban J connectivity index is 1.65. The molecule has 0 spiro atoms. The van der Waals surface area contributed by atoms with E-state index in [0.29, 0.717) is 43.7 Å². The van der Waals surface area contributed by atoms with Gasteiger partial charge in [0.15, 0.2) is 0 Å². The highest BCUT2D eigenvalue weighted by atomic mass is 19.1. The average Bonchev–Trinajstić information content (AvgIpc) is 2.72. The molecule has 0 bridgehead atoms. The molecule has 2 aromatic carbocycles. The third-order valence-corrected chi connectivity index (χ3v) is 5.49. The SMILES string of the molecule is NC(=O)C[C@@]1(COc2ccc(F)cc2)CCCN(C(=O)CCc2ccccc2F)C1. The molecular weight excluding hydrogens is 390 g/mol. The summed E-state index contributed by atoms with van der Waals surface area (Å²) in [4.78, 5) is 26.2. The molecule has 1 atom stereocenters. The molecule has 0 saturated carbocycles. The van der Waals surface area contributed by atoms with Gasteiger partial charge in [-0.2, -0.15) is 0 Å². The molecule has 7 heteroatoms. The van der Waals surface area contributed by atoms with Crippen LogP contribution in [0.4, 0.5) is 8.78 Å². The van der Waals surface area contributed by atoms with Crippen molar-refractivity contribution in [3.63, 3.8) is 0 Å². The highest BCUT2D eigenvalue weighted by Crippen LogP contribution is 2.35. The third-order valence-electron chi connectivity index (χ3n) is 5.49. The van der Waals surface area contributed by atoms with Crippen LogP contribution < -0.4 is 10.5 Å². The smallest absolute Gasteiger partial charge is 0.222 e. The maximum absolute atomic E-state index is 13.8. The van der Waals surface area contributed by atoms with Crippen molar-refractivity contribution in [3.8, 4) is 5.75 Å². The molecule has 2 N–H and O–H groups in total. The zero-order chi connectivity index (χ0) is 21.6. The minimum atomic E-state index is -0.605. The van der Waals surface area contributed by atoms with Crippen LogP contribution in [0.25, 0.3) is 0 Å². The van der Waals surface area contributed by atoms with E-state index < -0.39 is 11.3 Å². The first kappa shape index (κ1) is 21.7. The molecule has 1 fully saturated rings. The van der Waals surface area contributed by atoms with Crippen molar-refractivity contribution in [2.24, 2.45) is 11.1 Å². The molecule has 0 radical (unpaired) electrons. The van der Waals surface area contributed by atoms with Crippen LogP contribution in [-0.2, 0) is 16.0 Å². The van der Waals surface area contributed by atoms with Crippen LogP contribution in [0.2, 0.25) is 0 Å². The first-order chi connectivity index (χ1) is 14.4. The van der Waals surface area contributed by atoms with Gasteiger partial charge >= 0.3 is 0 Å². The topological polar surface area (TPSA) is 72.6 Å². The fourth-order valence-electron chi connectivity index (χ4n) is 3.97. The van der Waals surface area contributed by atoms with E-state index in [9.17, 15) is 18.4 Å². The molecule has 160 valence electrons. The molecule has 1 saturated heterocycles. The highest BCUT2D eigenvalue weighted by molar-refractivity contribution is 5.77. The van der Waals surface area contributed by atoms with Crippen molar-refractivity contribution < 1.29 is 23.1 Å². The molecule has 3 rings (SSSR count). The fourth-order valence-corrected chi connectivity index (χ4v) is 3.97. The summed E-state index contributed by atoms with van der Waals surface area (Å²) in [6.07, 6.45) is 1.99. The van der Waals surface area contributed by atoms with Crippen LogP contribution in [0, 0.1) is 17.0 Å². The van der Waals surface area contributed by atoms with Gasteiger partial charge in [-0.1, -0.05) is 18.2 Å². The largest absolute Gasteiger partial charge is 0.493 e. The monoisotopic (exact) mass is 416 g/mol. The van der Waals surface area contributed by atoms with E-state index in [1.807, 2.05) is 0 Å². The van der Waals surface area contributed by atoms with Gasteiger partial charge in [-0.15, -0.1) is 0 Å². The van der Waals surface area contributed by atoms with Gasteiger partial charge in [-0.05, 0) is 55.2 Å². The standard InChI is InChI=1S/C23H26F2N2O3/c24-18-7-9-19(10-8-18)30-16-23(14-21(26)28)12-3-13-27(15-23)22(29)11-6-17-4-1-2-5-20(17)25/h1-2,4-5,7-10H,3,6,11-16H2,(H2,26,28)/t23-/m0/s1. The van der Waals surface area contributed by atoms with Gasteiger partial charge in [0.2, 0.25) is 11.8 Å². The van der Waals surface area contributed by atoms with Crippen molar-refractivity contribution in [2.75, 3.05) is 19.7 Å². The number of hydrogen-bond donors (Lipinski definition) is 1. The number of halogens is 2. The molecule has 1 aliphatic heterocycles. The van der Waals surface area contributed by atoms with Crippen LogP contribution in [-0.4, -0.2) is 36.4 Å². The minimum Gasteiger partial charge on any atom is -0.493 e. The molecule has 30 heavy (non-hydrogen) atoms. The van der Waals surface area contributed by atoms with Crippen molar-refractivity contribution in [1.82, 2.24) is 4.90 Å². The summed E-state index contributed by atoms with van der Waals surface area (Å²) in [6.45, 7) is 1.11. The van der Waals surface area contributed by atoms with Crippen molar-refractivity contribution in [1.29, 1.82) is 0 Å². The maximum Gasteiger partial charge on any atom is 0.222 e. The first-order valence-electron chi connectivity index (χ1n) is 10.0. The Labute approximate surface area is 174 Å². The Morgan fingerprint density at radius 3 is 2.53 bits per heavy atom. The number of ether oxygens (including phenoxy) is 1. The van der Waals surface area contributed by atoms with Gasteiger partial charge in [-0.25, -0.2) is 8.78 Å². The van der Waals surface area contributed by atoms with E-state index in [1.165, 1.54) is 30.3 Å². The second-order valence-corrected chi connectivity index (χ2v) is 7.90. The number of carbonyl (C=O) groups excluding carboxylic acids is 2. The first-order valence-corrected chi connectivity index (χ1v) is 10.0. The predicted molar refractivity (Wildman–Crippen MR) is 109 cm³/mol. The van der Waals surface area contributed by atoms with Gasteiger partial charge < -0.3 is 15.4 Å². The summed E-state index contributed by atoms with van der Waals surface area (Å²) in [5.41, 5.74) is 5.38. The summed E-state index contributed by atoms with van der Waals surface area (Å²) in [6, 6.07) is 12.1. The summed E-state index contributed by atoms with van der Waals surface area (Å²) in [5, 5.41) is 0. The van der Waals surface area contributed by atoms with Gasteiger partial charge in [0.25, 0.3) is 0 Å². The number of rotatable bonds is 8. The Hall–Kier alpha value is -2.96. The second-order valence-electron chi connectivity index (χ2n) is 7.90. The molecule has 5 nitrogen and oxygen atoms in total. The lowest BCUT2D eigenvalue weighted by Gasteiger charge is -2.42. The maximum atomic E-state index is 13.8. The number of primary amides is 1. The number of likely N-dealkylation sites (tertiary alicyclic amines) is 1. The van der Waals surface area contributed by atoms with E-state index in [4.69, 9.17) is 10.5 Å². The van der Waals surface area contributed by atoms with Crippen LogP contribution in [0.5, 0.6) is 5.75 Å². The van der Waals surface area contributed by atoms with Crippen molar-refractivity contribution >= 4 is 11.8 Å². The molecule has 0 aromatic heterocycles. The fraction of sp³-hybridized carbons (Fsp3) is 0.391. The van der Waals surface area contributed by atoms with Gasteiger partial charge in [-0.3, -0.25) is 9.59 Å². The van der Waals surface area contributed by atoms with Crippen LogP contribution in [0.15, 0.2) is 48.5 Å². The summed E-state index contributed by atoms with van der Waals surface area (Å²) in [5.74, 6) is -0.742. The lowest BCUT2D eigenvalue weighted by molar-refractivity contribution is -0.137. The molecule has 2 amide bonds. The third kappa shape index (κ3) is 5.78. The Morgan fingerprint density at radius 1 is 1.10 bits per heavy atom. The number of nitrogens with two attached hydrogens (primary N) is 1. The van der Waals surface area contributed by atoms with Crippen LogP contribution in [0.3, 0.4) is 0 Å². The van der Waals surface area contributed by atoms with E-state index in [2.05, 4.69) is 0 Å². The lowest BCUT2D eigenvalue weighted by atomic mass is 9.77. The number of hydrogen-bond acceptors (Lipinski definition) is 3. The quantitative estimate of drug-likeness (QED) is 0.716. The normalized spacial score (nSPS) is 18.8. The Kier molecular flexibility index (Phi) is 7.03. The van der Waals surface area contributed by atoms with E-state index in [0.717, 1.165) is 0 Å². The molecule has 1 heterocycles. The van der Waals surface area contributed by atoms with Gasteiger partial charge in [0, 0.05) is 31.3 Å². The number of nitrogens with zero attached hydrogens (tertiary/aromatic N) is 1. The molecule has 0 aliphatic carbocycles. The van der Waals surface area contributed by atoms with E-state index in [1.54, 1.807) is 23.1 Å². The Morgan fingerprint density at radius 2 is 1.83 bits per heavy atom. The predicted octanol–water partition coefficient (Wildman–Crippen LogP) is 3.46. The molecule has 2 aromatic rings. The minimum absolute atomic E-state index is 0.0886.